The summed E-state index contributed by atoms with van der Waals surface area (Å²) in [5.41, 5.74) is 7.91. The molecule has 1 heterocycles. The van der Waals surface area contributed by atoms with Crippen LogP contribution in [-0.4, -0.2) is 21.9 Å². The lowest BCUT2D eigenvalue weighted by Gasteiger charge is -2.01. The highest BCUT2D eigenvalue weighted by Gasteiger charge is 2.13. The van der Waals surface area contributed by atoms with Crippen LogP contribution in [0.5, 0.6) is 0 Å². The maximum atomic E-state index is 8.88. The molecule has 0 amide bonds. The van der Waals surface area contributed by atoms with Gasteiger partial charge in [0.25, 0.3) is 0 Å². The highest BCUT2D eigenvalue weighted by Crippen LogP contribution is 2.13. The molecule has 0 fully saturated rings. The largest absolute Gasteiger partial charge is 0.394 e. The smallest absolute Gasteiger partial charge is 0.231 e. The van der Waals surface area contributed by atoms with E-state index in [1.54, 1.807) is 0 Å². The molecule has 1 atom stereocenters. The molecule has 2 aromatic rings. The molecule has 0 bridgehead atoms. The first-order valence-electron chi connectivity index (χ1n) is 5.44. The van der Waals surface area contributed by atoms with Gasteiger partial charge in [-0.3, -0.25) is 0 Å². The van der Waals surface area contributed by atoms with Crippen molar-refractivity contribution in [3.8, 4) is 0 Å². The molecule has 0 saturated carbocycles. The van der Waals surface area contributed by atoms with Crippen LogP contribution in [0, 0.1) is 6.92 Å². The number of nitrogens with two attached hydrogens (primary N) is 1. The molecular weight excluding hydrogens is 218 g/mol. The summed E-state index contributed by atoms with van der Waals surface area (Å²) in [6, 6.07) is 7.43. The Balaban J connectivity index is 2.14. The van der Waals surface area contributed by atoms with E-state index in [4.69, 9.17) is 15.4 Å². The van der Waals surface area contributed by atoms with Crippen LogP contribution < -0.4 is 5.73 Å². The minimum absolute atomic E-state index is 0.191. The Labute approximate surface area is 99.3 Å². The third-order valence-corrected chi connectivity index (χ3v) is 2.62. The van der Waals surface area contributed by atoms with E-state index in [0.29, 0.717) is 18.1 Å². The molecule has 0 saturated heterocycles. The van der Waals surface area contributed by atoms with Gasteiger partial charge in [-0.15, -0.1) is 0 Å². The van der Waals surface area contributed by atoms with Gasteiger partial charge >= 0.3 is 0 Å². The van der Waals surface area contributed by atoms with Gasteiger partial charge in [0.1, 0.15) is 0 Å². The lowest BCUT2D eigenvalue weighted by atomic mass is 10.1. The number of benzene rings is 1. The summed E-state index contributed by atoms with van der Waals surface area (Å²) in [5.74, 6) is 0.856. The number of nitrogens with zero attached hydrogens (tertiary/aromatic N) is 2. The van der Waals surface area contributed by atoms with Crippen molar-refractivity contribution in [3.05, 3.63) is 47.1 Å². The fraction of sp³-hybridized carbons (Fsp3) is 0.333. The number of hydrogen-bond acceptors (Lipinski definition) is 5. The molecule has 1 aromatic carbocycles. The van der Waals surface area contributed by atoms with Crippen molar-refractivity contribution in [1.29, 1.82) is 0 Å². The topological polar surface area (TPSA) is 85.2 Å². The molecule has 90 valence electrons. The van der Waals surface area contributed by atoms with E-state index in [1.807, 2.05) is 31.2 Å². The monoisotopic (exact) mass is 233 g/mol. The van der Waals surface area contributed by atoms with Crippen LogP contribution in [0.1, 0.15) is 28.9 Å². The van der Waals surface area contributed by atoms with E-state index in [9.17, 15) is 0 Å². The van der Waals surface area contributed by atoms with Gasteiger partial charge in [-0.25, -0.2) is 0 Å². The summed E-state index contributed by atoms with van der Waals surface area (Å²) < 4.78 is 5.09. The van der Waals surface area contributed by atoms with Crippen LogP contribution in [0.15, 0.2) is 28.8 Å². The van der Waals surface area contributed by atoms with Gasteiger partial charge in [-0.05, 0) is 18.1 Å². The van der Waals surface area contributed by atoms with E-state index in [-0.39, 0.29) is 6.61 Å². The second-order valence-electron chi connectivity index (χ2n) is 3.94. The molecule has 0 spiro atoms. The molecule has 0 aliphatic heterocycles. The van der Waals surface area contributed by atoms with Gasteiger partial charge in [0.2, 0.25) is 5.89 Å². The highest BCUT2D eigenvalue weighted by atomic mass is 16.5. The zero-order chi connectivity index (χ0) is 12.3. The van der Waals surface area contributed by atoms with Gasteiger partial charge in [0.05, 0.1) is 19.1 Å². The van der Waals surface area contributed by atoms with Crippen LogP contribution in [0.25, 0.3) is 0 Å². The van der Waals surface area contributed by atoms with Gasteiger partial charge in [0, 0.05) is 0 Å². The number of hydrogen-bond donors (Lipinski definition) is 2. The van der Waals surface area contributed by atoms with Crippen molar-refractivity contribution in [1.82, 2.24) is 10.1 Å². The van der Waals surface area contributed by atoms with E-state index >= 15 is 0 Å². The van der Waals surface area contributed by atoms with E-state index < -0.39 is 6.04 Å². The van der Waals surface area contributed by atoms with Gasteiger partial charge in [0.15, 0.2) is 5.82 Å². The zero-order valence-corrected chi connectivity index (χ0v) is 9.63. The Morgan fingerprint density at radius 3 is 2.88 bits per heavy atom. The second-order valence-corrected chi connectivity index (χ2v) is 3.94. The summed E-state index contributed by atoms with van der Waals surface area (Å²) in [4.78, 5) is 4.15. The summed E-state index contributed by atoms with van der Waals surface area (Å²) in [5, 5.41) is 12.6. The van der Waals surface area contributed by atoms with Crippen LogP contribution in [0.4, 0.5) is 0 Å². The fourth-order valence-electron chi connectivity index (χ4n) is 1.54. The standard InChI is InChI=1S/C12H15N3O2/c1-8-4-2-3-5-9(8)6-11-14-12(15-17-11)10(13)7-16/h2-5,10,16H,6-7,13H2,1H3. The van der Waals surface area contributed by atoms with Crippen molar-refractivity contribution in [3.63, 3.8) is 0 Å². The van der Waals surface area contributed by atoms with Gasteiger partial charge < -0.3 is 15.4 Å². The predicted molar refractivity (Wildman–Crippen MR) is 62.3 cm³/mol. The predicted octanol–water partition coefficient (Wildman–Crippen LogP) is 0.961. The molecule has 2 rings (SSSR count). The van der Waals surface area contributed by atoms with Crippen LogP contribution in [-0.2, 0) is 6.42 Å². The Morgan fingerprint density at radius 2 is 2.18 bits per heavy atom. The summed E-state index contributed by atoms with van der Waals surface area (Å²) in [6.07, 6.45) is 0.581. The minimum Gasteiger partial charge on any atom is -0.394 e. The number of aryl methyl sites for hydroxylation is 1. The molecule has 5 nitrogen and oxygen atoms in total. The molecule has 17 heavy (non-hydrogen) atoms. The normalized spacial score (nSPS) is 12.6. The Kier molecular flexibility index (Phi) is 3.51. The molecule has 1 unspecified atom stereocenters. The first kappa shape index (κ1) is 11.8. The number of rotatable bonds is 4. The Morgan fingerprint density at radius 1 is 1.41 bits per heavy atom. The first-order chi connectivity index (χ1) is 8.20. The highest BCUT2D eigenvalue weighted by molar-refractivity contribution is 5.27. The van der Waals surface area contributed by atoms with Crippen LogP contribution in [0.2, 0.25) is 0 Å². The van der Waals surface area contributed by atoms with E-state index in [0.717, 1.165) is 5.56 Å². The average molecular weight is 233 g/mol. The van der Waals surface area contributed by atoms with Gasteiger partial charge in [-0.2, -0.15) is 4.98 Å². The maximum Gasteiger partial charge on any atom is 0.231 e. The average Bonchev–Trinajstić information content (AvgIpc) is 2.80. The van der Waals surface area contributed by atoms with Gasteiger partial charge in [-0.1, -0.05) is 29.4 Å². The minimum atomic E-state index is -0.579. The van der Waals surface area contributed by atoms with Crippen molar-refractivity contribution in [2.45, 2.75) is 19.4 Å². The third kappa shape index (κ3) is 2.69. The number of aliphatic hydroxyl groups is 1. The lowest BCUT2D eigenvalue weighted by Crippen LogP contribution is -2.16. The number of aliphatic hydroxyl groups excluding tert-OH is 1. The maximum absolute atomic E-state index is 8.88. The molecule has 0 aliphatic carbocycles. The first-order valence-corrected chi connectivity index (χ1v) is 5.44. The molecule has 0 aliphatic rings. The summed E-state index contributed by atoms with van der Waals surface area (Å²) >= 11 is 0. The van der Waals surface area contributed by atoms with Crippen LogP contribution in [0.3, 0.4) is 0 Å². The Hall–Kier alpha value is -1.72. The van der Waals surface area contributed by atoms with Crippen molar-refractivity contribution < 1.29 is 9.63 Å². The summed E-state index contributed by atoms with van der Waals surface area (Å²) in [7, 11) is 0. The summed E-state index contributed by atoms with van der Waals surface area (Å²) in [6.45, 7) is 1.84. The van der Waals surface area contributed by atoms with E-state index in [2.05, 4.69) is 10.1 Å². The van der Waals surface area contributed by atoms with E-state index in [1.165, 1.54) is 5.56 Å². The molecule has 1 aromatic heterocycles. The van der Waals surface area contributed by atoms with Crippen molar-refractivity contribution in [2.24, 2.45) is 5.73 Å². The Bertz CT molecular complexity index is 496. The lowest BCUT2D eigenvalue weighted by molar-refractivity contribution is 0.259. The van der Waals surface area contributed by atoms with Crippen molar-refractivity contribution in [2.75, 3.05) is 6.61 Å². The van der Waals surface area contributed by atoms with Crippen molar-refractivity contribution >= 4 is 0 Å². The van der Waals surface area contributed by atoms with Crippen LogP contribution >= 0.6 is 0 Å². The fourth-order valence-corrected chi connectivity index (χ4v) is 1.54. The SMILES string of the molecule is Cc1ccccc1Cc1nc(C(N)CO)no1. The quantitative estimate of drug-likeness (QED) is 0.821. The molecule has 3 N–H and O–H groups in total. The number of aromatic nitrogens is 2. The zero-order valence-electron chi connectivity index (χ0n) is 9.63. The third-order valence-electron chi connectivity index (χ3n) is 2.62. The molecule has 5 heteroatoms. The second kappa shape index (κ2) is 5.07. The molecule has 0 radical (unpaired) electrons. The molecular formula is C12H15N3O2.